The van der Waals surface area contributed by atoms with Crippen LogP contribution < -0.4 is 4.90 Å². The van der Waals surface area contributed by atoms with Crippen molar-refractivity contribution in [2.75, 3.05) is 11.4 Å². The van der Waals surface area contributed by atoms with Crippen molar-refractivity contribution in [3.63, 3.8) is 0 Å². The summed E-state index contributed by atoms with van der Waals surface area (Å²) in [4.78, 5) is 17.0. The van der Waals surface area contributed by atoms with Crippen molar-refractivity contribution in [3.05, 3.63) is 41.5 Å². The average Bonchev–Trinajstić information content (AvgIpc) is 2.99. The zero-order chi connectivity index (χ0) is 12.5. The third-order valence-electron chi connectivity index (χ3n) is 3.06. The third kappa shape index (κ3) is 1.81. The first-order valence-corrected chi connectivity index (χ1v) is 5.61. The maximum absolute atomic E-state index is 11.0. The number of anilines is 1. The summed E-state index contributed by atoms with van der Waals surface area (Å²) < 4.78 is 4.97. The zero-order valence-corrected chi connectivity index (χ0v) is 9.54. The molecule has 6 nitrogen and oxygen atoms in total. The number of benzene rings is 1. The van der Waals surface area contributed by atoms with Crippen LogP contribution in [0.2, 0.25) is 0 Å². The number of carboxylic acid groups (broad SMARTS) is 1. The normalized spacial score (nSPS) is 13.7. The van der Waals surface area contributed by atoms with E-state index < -0.39 is 5.97 Å². The van der Waals surface area contributed by atoms with Crippen LogP contribution in [-0.2, 0) is 13.0 Å². The molecule has 0 bridgehead atoms. The van der Waals surface area contributed by atoms with Gasteiger partial charge in [-0.1, -0.05) is 11.2 Å². The predicted molar refractivity (Wildman–Crippen MR) is 62.5 cm³/mol. The molecule has 1 aromatic carbocycles. The molecule has 0 amide bonds. The molecule has 18 heavy (non-hydrogen) atoms. The van der Waals surface area contributed by atoms with Gasteiger partial charge in [0.1, 0.15) is 0 Å². The van der Waals surface area contributed by atoms with Gasteiger partial charge in [0.25, 0.3) is 0 Å². The number of rotatable bonds is 3. The summed E-state index contributed by atoms with van der Waals surface area (Å²) in [6, 6.07) is 5.20. The van der Waals surface area contributed by atoms with Crippen LogP contribution >= 0.6 is 0 Å². The van der Waals surface area contributed by atoms with Crippen molar-refractivity contribution < 1.29 is 14.4 Å². The summed E-state index contributed by atoms with van der Waals surface area (Å²) in [5, 5.41) is 12.6. The Morgan fingerprint density at radius 1 is 1.50 bits per heavy atom. The molecule has 1 aliphatic heterocycles. The molecule has 1 N–H and O–H groups in total. The molecule has 0 unspecified atom stereocenters. The summed E-state index contributed by atoms with van der Waals surface area (Å²) >= 11 is 0. The van der Waals surface area contributed by atoms with E-state index in [1.807, 2.05) is 6.07 Å². The molecule has 0 saturated heterocycles. The van der Waals surface area contributed by atoms with Crippen molar-refractivity contribution in [2.24, 2.45) is 0 Å². The molecule has 0 aliphatic carbocycles. The number of carboxylic acids is 1. The standard InChI is InChI=1S/C12H11N3O3/c16-12(17)9-2-1-8-3-4-15(10(8)5-9)6-11-13-7-14-18-11/h1-2,5,7H,3-4,6H2,(H,16,17). The highest BCUT2D eigenvalue weighted by Gasteiger charge is 2.22. The Bertz CT molecular complexity index is 580. The largest absolute Gasteiger partial charge is 0.478 e. The molecule has 92 valence electrons. The van der Waals surface area contributed by atoms with E-state index in [-0.39, 0.29) is 0 Å². The minimum absolute atomic E-state index is 0.297. The molecule has 2 heterocycles. The van der Waals surface area contributed by atoms with Crippen molar-refractivity contribution in [1.82, 2.24) is 10.1 Å². The Kier molecular flexibility index (Phi) is 2.47. The van der Waals surface area contributed by atoms with Gasteiger partial charge in [0.2, 0.25) is 5.89 Å². The lowest BCUT2D eigenvalue weighted by molar-refractivity contribution is 0.0697. The maximum Gasteiger partial charge on any atom is 0.335 e. The van der Waals surface area contributed by atoms with Gasteiger partial charge >= 0.3 is 5.97 Å². The van der Waals surface area contributed by atoms with E-state index in [1.54, 1.807) is 12.1 Å². The molecule has 0 atom stereocenters. The summed E-state index contributed by atoms with van der Waals surface area (Å²) in [5.74, 6) is -0.383. The molecule has 2 aromatic rings. The van der Waals surface area contributed by atoms with E-state index in [9.17, 15) is 4.79 Å². The van der Waals surface area contributed by atoms with E-state index >= 15 is 0 Å². The van der Waals surface area contributed by atoms with Crippen LogP contribution in [0, 0.1) is 0 Å². The van der Waals surface area contributed by atoms with E-state index in [0.29, 0.717) is 18.0 Å². The van der Waals surface area contributed by atoms with Crippen molar-refractivity contribution >= 4 is 11.7 Å². The van der Waals surface area contributed by atoms with Gasteiger partial charge in [0.05, 0.1) is 12.1 Å². The fourth-order valence-electron chi connectivity index (χ4n) is 2.17. The molecular weight excluding hydrogens is 234 g/mol. The summed E-state index contributed by atoms with van der Waals surface area (Å²) in [7, 11) is 0. The average molecular weight is 245 g/mol. The molecular formula is C12H11N3O3. The fraction of sp³-hybridized carbons (Fsp3) is 0.250. The topological polar surface area (TPSA) is 79.5 Å². The minimum atomic E-state index is -0.914. The highest BCUT2D eigenvalue weighted by molar-refractivity contribution is 5.89. The number of aromatic carboxylic acids is 1. The van der Waals surface area contributed by atoms with Gasteiger partial charge in [-0.25, -0.2) is 4.79 Å². The van der Waals surface area contributed by atoms with E-state index in [2.05, 4.69) is 15.0 Å². The second kappa shape index (κ2) is 4.14. The van der Waals surface area contributed by atoms with Crippen molar-refractivity contribution in [2.45, 2.75) is 13.0 Å². The second-order valence-electron chi connectivity index (χ2n) is 4.16. The number of fused-ring (bicyclic) bond motifs is 1. The van der Waals surface area contributed by atoms with Crippen LogP contribution in [-0.4, -0.2) is 27.8 Å². The monoisotopic (exact) mass is 245 g/mol. The number of aromatic nitrogens is 2. The number of hydrogen-bond acceptors (Lipinski definition) is 5. The third-order valence-corrected chi connectivity index (χ3v) is 3.06. The van der Waals surface area contributed by atoms with Crippen LogP contribution in [0.1, 0.15) is 21.8 Å². The van der Waals surface area contributed by atoms with Crippen molar-refractivity contribution in [3.8, 4) is 0 Å². The fourth-order valence-corrected chi connectivity index (χ4v) is 2.17. The lowest BCUT2D eigenvalue weighted by Crippen LogP contribution is -2.20. The van der Waals surface area contributed by atoms with Crippen LogP contribution in [0.5, 0.6) is 0 Å². The summed E-state index contributed by atoms with van der Waals surface area (Å²) in [6.07, 6.45) is 2.27. The Hall–Kier alpha value is -2.37. The molecule has 0 fully saturated rings. The van der Waals surface area contributed by atoms with Gasteiger partial charge in [-0.3, -0.25) is 0 Å². The maximum atomic E-state index is 11.0. The summed E-state index contributed by atoms with van der Waals surface area (Å²) in [6.45, 7) is 1.34. The van der Waals surface area contributed by atoms with Crippen LogP contribution in [0.25, 0.3) is 0 Å². The summed E-state index contributed by atoms with van der Waals surface area (Å²) in [5.41, 5.74) is 2.39. The predicted octanol–water partition coefficient (Wildman–Crippen LogP) is 1.33. The number of carbonyl (C=O) groups is 1. The lowest BCUT2D eigenvalue weighted by Gasteiger charge is -2.17. The van der Waals surface area contributed by atoms with E-state index in [1.165, 1.54) is 6.33 Å². The molecule has 0 radical (unpaired) electrons. The highest BCUT2D eigenvalue weighted by atomic mass is 16.5. The van der Waals surface area contributed by atoms with Crippen LogP contribution in [0.4, 0.5) is 5.69 Å². The first-order valence-electron chi connectivity index (χ1n) is 5.61. The lowest BCUT2D eigenvalue weighted by atomic mass is 10.1. The highest BCUT2D eigenvalue weighted by Crippen LogP contribution is 2.30. The minimum Gasteiger partial charge on any atom is -0.478 e. The first-order chi connectivity index (χ1) is 8.74. The van der Waals surface area contributed by atoms with E-state index in [4.69, 9.17) is 9.63 Å². The van der Waals surface area contributed by atoms with Crippen LogP contribution in [0.15, 0.2) is 29.0 Å². The molecule has 1 aromatic heterocycles. The smallest absolute Gasteiger partial charge is 0.335 e. The van der Waals surface area contributed by atoms with Gasteiger partial charge in [-0.2, -0.15) is 4.98 Å². The first kappa shape index (κ1) is 10.8. The van der Waals surface area contributed by atoms with Gasteiger partial charge in [0, 0.05) is 12.2 Å². The van der Waals surface area contributed by atoms with Crippen LogP contribution in [0.3, 0.4) is 0 Å². The van der Waals surface area contributed by atoms with Crippen molar-refractivity contribution in [1.29, 1.82) is 0 Å². The Balaban J connectivity index is 1.90. The SMILES string of the molecule is O=C(O)c1ccc2c(c1)N(Cc1ncno1)CC2. The van der Waals surface area contributed by atoms with Gasteiger partial charge < -0.3 is 14.5 Å². The second-order valence-corrected chi connectivity index (χ2v) is 4.16. The number of hydrogen-bond donors (Lipinski definition) is 1. The molecule has 6 heteroatoms. The van der Waals surface area contributed by atoms with Gasteiger partial charge in [0.15, 0.2) is 6.33 Å². The molecule has 0 spiro atoms. The number of nitrogens with zero attached hydrogens (tertiary/aromatic N) is 3. The van der Waals surface area contributed by atoms with E-state index in [0.717, 1.165) is 24.2 Å². The quantitative estimate of drug-likeness (QED) is 0.878. The molecule has 3 rings (SSSR count). The zero-order valence-electron chi connectivity index (χ0n) is 9.54. The van der Waals surface area contributed by atoms with Gasteiger partial charge in [-0.15, -0.1) is 0 Å². The molecule has 1 aliphatic rings. The van der Waals surface area contributed by atoms with Gasteiger partial charge in [-0.05, 0) is 24.1 Å². The Morgan fingerprint density at radius 3 is 3.11 bits per heavy atom. The Morgan fingerprint density at radius 2 is 2.39 bits per heavy atom. The Labute approximate surface area is 103 Å². The molecule has 0 saturated carbocycles.